The van der Waals surface area contributed by atoms with Crippen LogP contribution in [0.3, 0.4) is 0 Å². The summed E-state index contributed by atoms with van der Waals surface area (Å²) in [5.74, 6) is 0.0985. The molecule has 1 aliphatic rings. The third-order valence-electron chi connectivity index (χ3n) is 2.82. The number of carbonyl (C=O) groups is 1. The van der Waals surface area contributed by atoms with E-state index >= 15 is 0 Å². The van der Waals surface area contributed by atoms with Crippen LogP contribution in [0.4, 0.5) is 5.69 Å². The van der Waals surface area contributed by atoms with E-state index < -0.39 is 0 Å². The highest BCUT2D eigenvalue weighted by Crippen LogP contribution is 2.25. The highest BCUT2D eigenvalue weighted by atomic mass is 16.2. The number of nitrogens with two attached hydrogens (primary N) is 1. The summed E-state index contributed by atoms with van der Waals surface area (Å²) in [7, 11) is 0. The van der Waals surface area contributed by atoms with Crippen LogP contribution in [0.1, 0.15) is 24.2 Å². The largest absolute Gasteiger partial charge is 0.327 e. The number of anilines is 1. The van der Waals surface area contributed by atoms with Crippen LogP contribution in [0.25, 0.3) is 0 Å². The SMILES string of the molecule is Cc1n[nH]c(C)c1N1CCC(N)CC1=O. The van der Waals surface area contributed by atoms with Gasteiger partial charge in [0, 0.05) is 19.0 Å². The molecule has 1 atom stereocenters. The molecule has 1 amide bonds. The smallest absolute Gasteiger partial charge is 0.228 e. The molecule has 1 aromatic heterocycles. The Labute approximate surface area is 88.6 Å². The maximum atomic E-state index is 11.8. The van der Waals surface area contributed by atoms with Crippen molar-refractivity contribution in [1.82, 2.24) is 10.2 Å². The third kappa shape index (κ3) is 1.74. The molecule has 1 unspecified atom stereocenters. The van der Waals surface area contributed by atoms with Crippen molar-refractivity contribution < 1.29 is 4.79 Å². The molecule has 0 radical (unpaired) electrons. The van der Waals surface area contributed by atoms with Gasteiger partial charge in [0.25, 0.3) is 0 Å². The maximum absolute atomic E-state index is 11.8. The standard InChI is InChI=1S/C10H16N4O/c1-6-10(7(2)13-12-6)14-4-3-8(11)5-9(14)15/h8H,3-5,11H2,1-2H3,(H,12,13). The predicted octanol–water partition coefficient (Wildman–Crippen LogP) is 0.481. The van der Waals surface area contributed by atoms with E-state index in [0.717, 1.165) is 23.5 Å². The predicted molar refractivity (Wildman–Crippen MR) is 57.6 cm³/mol. The van der Waals surface area contributed by atoms with E-state index in [0.29, 0.717) is 13.0 Å². The van der Waals surface area contributed by atoms with Crippen molar-refractivity contribution >= 4 is 11.6 Å². The summed E-state index contributed by atoms with van der Waals surface area (Å²) in [5, 5.41) is 6.99. The first-order valence-electron chi connectivity index (χ1n) is 5.17. The zero-order valence-corrected chi connectivity index (χ0v) is 9.08. The molecule has 5 heteroatoms. The van der Waals surface area contributed by atoms with Crippen molar-refractivity contribution in [2.24, 2.45) is 5.73 Å². The van der Waals surface area contributed by atoms with Gasteiger partial charge >= 0.3 is 0 Å². The zero-order valence-electron chi connectivity index (χ0n) is 9.08. The van der Waals surface area contributed by atoms with Crippen LogP contribution in [0, 0.1) is 13.8 Å². The van der Waals surface area contributed by atoms with Gasteiger partial charge in [-0.25, -0.2) is 0 Å². The second kappa shape index (κ2) is 3.66. The van der Waals surface area contributed by atoms with Gasteiger partial charge in [-0.3, -0.25) is 9.89 Å². The van der Waals surface area contributed by atoms with E-state index in [1.807, 2.05) is 13.8 Å². The number of hydrogen-bond acceptors (Lipinski definition) is 3. The van der Waals surface area contributed by atoms with Crippen LogP contribution in [0.15, 0.2) is 0 Å². The van der Waals surface area contributed by atoms with Crippen molar-refractivity contribution in [1.29, 1.82) is 0 Å². The number of hydrogen-bond donors (Lipinski definition) is 2. The summed E-state index contributed by atoms with van der Waals surface area (Å²) in [6.07, 6.45) is 1.29. The molecule has 15 heavy (non-hydrogen) atoms. The molecule has 1 saturated heterocycles. The van der Waals surface area contributed by atoms with Crippen LogP contribution < -0.4 is 10.6 Å². The average molecular weight is 208 g/mol. The summed E-state index contributed by atoms with van der Waals surface area (Å²) < 4.78 is 0. The summed E-state index contributed by atoms with van der Waals surface area (Å²) in [6, 6.07) is 0.0151. The van der Waals surface area contributed by atoms with E-state index in [4.69, 9.17) is 5.73 Å². The number of carbonyl (C=O) groups excluding carboxylic acids is 1. The maximum Gasteiger partial charge on any atom is 0.228 e. The molecule has 0 saturated carbocycles. The molecule has 0 aromatic carbocycles. The fourth-order valence-electron chi connectivity index (χ4n) is 2.04. The van der Waals surface area contributed by atoms with Gasteiger partial charge in [-0.1, -0.05) is 0 Å². The Morgan fingerprint density at radius 3 is 2.80 bits per heavy atom. The summed E-state index contributed by atoms with van der Waals surface area (Å²) in [4.78, 5) is 13.6. The fraction of sp³-hybridized carbons (Fsp3) is 0.600. The van der Waals surface area contributed by atoms with Crippen molar-refractivity contribution in [2.45, 2.75) is 32.7 Å². The minimum absolute atomic E-state index is 0.0151. The van der Waals surface area contributed by atoms with Crippen LogP contribution in [0.5, 0.6) is 0 Å². The number of aryl methyl sites for hydroxylation is 2. The second-order valence-corrected chi connectivity index (χ2v) is 4.08. The molecule has 1 aliphatic heterocycles. The molecule has 82 valence electrons. The quantitative estimate of drug-likeness (QED) is 0.705. The number of nitrogens with zero attached hydrogens (tertiary/aromatic N) is 2. The van der Waals surface area contributed by atoms with Crippen molar-refractivity contribution in [3.63, 3.8) is 0 Å². The summed E-state index contributed by atoms with van der Waals surface area (Å²) >= 11 is 0. The summed E-state index contributed by atoms with van der Waals surface area (Å²) in [6.45, 7) is 4.53. The van der Waals surface area contributed by atoms with Gasteiger partial charge in [0.1, 0.15) is 0 Å². The number of aromatic amines is 1. The van der Waals surface area contributed by atoms with Gasteiger partial charge in [-0.15, -0.1) is 0 Å². The lowest BCUT2D eigenvalue weighted by molar-refractivity contribution is -0.119. The van der Waals surface area contributed by atoms with E-state index in [1.54, 1.807) is 4.90 Å². The van der Waals surface area contributed by atoms with E-state index in [2.05, 4.69) is 10.2 Å². The molecule has 3 N–H and O–H groups in total. The summed E-state index contributed by atoms with van der Waals surface area (Å²) in [5.41, 5.74) is 8.48. The Kier molecular flexibility index (Phi) is 2.48. The molecule has 5 nitrogen and oxygen atoms in total. The van der Waals surface area contributed by atoms with E-state index in [-0.39, 0.29) is 11.9 Å². The monoisotopic (exact) mass is 208 g/mol. The van der Waals surface area contributed by atoms with Gasteiger partial charge in [-0.05, 0) is 20.3 Å². The Balaban J connectivity index is 2.28. The van der Waals surface area contributed by atoms with Crippen molar-refractivity contribution in [3.8, 4) is 0 Å². The van der Waals surface area contributed by atoms with E-state index in [9.17, 15) is 4.79 Å². The number of aromatic nitrogens is 2. The molecule has 0 aliphatic carbocycles. The fourth-order valence-corrected chi connectivity index (χ4v) is 2.04. The number of nitrogens with one attached hydrogen (secondary N) is 1. The molecular weight excluding hydrogens is 192 g/mol. The lowest BCUT2D eigenvalue weighted by Gasteiger charge is -2.30. The molecule has 1 fully saturated rings. The topological polar surface area (TPSA) is 75.0 Å². The van der Waals surface area contributed by atoms with Gasteiger partial charge < -0.3 is 10.6 Å². The van der Waals surface area contributed by atoms with Crippen LogP contribution in [-0.2, 0) is 4.79 Å². The van der Waals surface area contributed by atoms with Crippen LogP contribution in [-0.4, -0.2) is 28.7 Å². The van der Waals surface area contributed by atoms with Crippen LogP contribution in [0.2, 0.25) is 0 Å². The Morgan fingerprint density at radius 1 is 1.53 bits per heavy atom. The number of H-pyrrole nitrogens is 1. The van der Waals surface area contributed by atoms with E-state index in [1.165, 1.54) is 0 Å². The average Bonchev–Trinajstić information content (AvgIpc) is 2.48. The highest BCUT2D eigenvalue weighted by Gasteiger charge is 2.27. The normalized spacial score (nSPS) is 22.2. The lowest BCUT2D eigenvalue weighted by atomic mass is 10.0. The molecule has 1 aromatic rings. The minimum atomic E-state index is 0.0151. The molecule has 2 heterocycles. The Hall–Kier alpha value is -1.36. The number of piperidine rings is 1. The Bertz CT molecular complexity index is 365. The van der Waals surface area contributed by atoms with Gasteiger partial charge in [0.15, 0.2) is 0 Å². The molecule has 0 spiro atoms. The first kappa shape index (κ1) is 10.2. The third-order valence-corrected chi connectivity index (χ3v) is 2.82. The van der Waals surface area contributed by atoms with Crippen LogP contribution >= 0.6 is 0 Å². The minimum Gasteiger partial charge on any atom is -0.327 e. The first-order chi connectivity index (χ1) is 7.09. The van der Waals surface area contributed by atoms with Gasteiger partial charge in [0.05, 0.1) is 17.1 Å². The Morgan fingerprint density at radius 2 is 2.27 bits per heavy atom. The number of rotatable bonds is 1. The lowest BCUT2D eigenvalue weighted by Crippen LogP contribution is -2.44. The van der Waals surface area contributed by atoms with Gasteiger partial charge in [0.2, 0.25) is 5.91 Å². The molecular formula is C10H16N4O. The molecule has 0 bridgehead atoms. The van der Waals surface area contributed by atoms with Crippen molar-refractivity contribution in [3.05, 3.63) is 11.4 Å². The second-order valence-electron chi connectivity index (χ2n) is 4.08. The van der Waals surface area contributed by atoms with Crippen molar-refractivity contribution in [2.75, 3.05) is 11.4 Å². The number of amides is 1. The highest BCUT2D eigenvalue weighted by molar-refractivity contribution is 5.95. The first-order valence-corrected chi connectivity index (χ1v) is 5.17. The zero-order chi connectivity index (χ0) is 11.0. The molecule has 2 rings (SSSR count). The van der Waals surface area contributed by atoms with Gasteiger partial charge in [-0.2, -0.15) is 5.10 Å².